The number of halogens is 2. The first-order valence-electron chi connectivity index (χ1n) is 7.31. The average molecular weight is 296 g/mol. The molecule has 0 saturated carbocycles. The second kappa shape index (κ2) is 8.58. The SMILES string of the molecule is CCCNC(C#N)(CC)CCCOc1ccc(F)c(F)c1. The highest BCUT2D eigenvalue weighted by Gasteiger charge is 2.26. The summed E-state index contributed by atoms with van der Waals surface area (Å²) in [5.74, 6) is -1.51. The molecule has 0 saturated heterocycles. The van der Waals surface area contributed by atoms with Crippen molar-refractivity contribution < 1.29 is 13.5 Å². The molecule has 0 aromatic heterocycles. The number of nitriles is 1. The molecule has 1 rings (SSSR count). The van der Waals surface area contributed by atoms with E-state index in [1.807, 2.05) is 6.92 Å². The van der Waals surface area contributed by atoms with Gasteiger partial charge in [0.15, 0.2) is 11.6 Å². The summed E-state index contributed by atoms with van der Waals surface area (Å²) in [6.07, 6.45) is 3.00. The predicted octanol–water partition coefficient (Wildman–Crippen LogP) is 3.80. The smallest absolute Gasteiger partial charge is 0.162 e. The fourth-order valence-electron chi connectivity index (χ4n) is 2.06. The molecule has 0 heterocycles. The maximum Gasteiger partial charge on any atom is 0.162 e. The molecule has 1 aromatic carbocycles. The Morgan fingerprint density at radius 3 is 2.62 bits per heavy atom. The van der Waals surface area contributed by atoms with Gasteiger partial charge in [0, 0.05) is 6.07 Å². The van der Waals surface area contributed by atoms with Crippen LogP contribution in [-0.2, 0) is 0 Å². The van der Waals surface area contributed by atoms with Crippen molar-refractivity contribution in [3.05, 3.63) is 29.8 Å². The number of nitrogens with one attached hydrogen (secondary N) is 1. The molecular formula is C16H22F2N2O. The minimum atomic E-state index is -0.919. The van der Waals surface area contributed by atoms with E-state index in [4.69, 9.17) is 4.74 Å². The molecule has 0 spiro atoms. The molecule has 0 aliphatic rings. The predicted molar refractivity (Wildman–Crippen MR) is 78.0 cm³/mol. The lowest BCUT2D eigenvalue weighted by atomic mass is 9.92. The van der Waals surface area contributed by atoms with Gasteiger partial charge in [-0.25, -0.2) is 8.78 Å². The Morgan fingerprint density at radius 2 is 2.05 bits per heavy atom. The van der Waals surface area contributed by atoms with Gasteiger partial charge in [-0.3, -0.25) is 5.32 Å². The topological polar surface area (TPSA) is 45.0 Å². The van der Waals surface area contributed by atoms with Gasteiger partial charge in [-0.05, 0) is 44.4 Å². The molecule has 1 unspecified atom stereocenters. The van der Waals surface area contributed by atoms with Crippen LogP contribution >= 0.6 is 0 Å². The molecule has 0 amide bonds. The summed E-state index contributed by atoms with van der Waals surface area (Å²) in [6.45, 7) is 5.19. The van der Waals surface area contributed by atoms with Crippen molar-refractivity contribution in [1.29, 1.82) is 5.26 Å². The van der Waals surface area contributed by atoms with Crippen molar-refractivity contribution in [2.45, 2.75) is 45.1 Å². The van der Waals surface area contributed by atoms with E-state index in [9.17, 15) is 14.0 Å². The molecule has 5 heteroatoms. The van der Waals surface area contributed by atoms with Crippen molar-refractivity contribution >= 4 is 0 Å². The van der Waals surface area contributed by atoms with E-state index < -0.39 is 17.2 Å². The molecule has 1 N–H and O–H groups in total. The largest absolute Gasteiger partial charge is 0.493 e. The first-order chi connectivity index (χ1) is 10.1. The van der Waals surface area contributed by atoms with E-state index in [0.29, 0.717) is 31.6 Å². The summed E-state index contributed by atoms with van der Waals surface area (Å²) in [4.78, 5) is 0. The summed E-state index contributed by atoms with van der Waals surface area (Å²) in [5.41, 5.74) is -0.534. The number of benzene rings is 1. The van der Waals surface area contributed by atoms with Crippen LogP contribution in [0.25, 0.3) is 0 Å². The van der Waals surface area contributed by atoms with E-state index in [1.165, 1.54) is 6.07 Å². The first kappa shape index (κ1) is 17.4. The molecule has 3 nitrogen and oxygen atoms in total. The van der Waals surface area contributed by atoms with Crippen LogP contribution in [0.2, 0.25) is 0 Å². The molecule has 0 bridgehead atoms. The average Bonchev–Trinajstić information content (AvgIpc) is 2.50. The van der Waals surface area contributed by atoms with Crippen molar-refractivity contribution in [3.63, 3.8) is 0 Å². The number of nitrogens with zero attached hydrogens (tertiary/aromatic N) is 1. The number of rotatable bonds is 9. The molecule has 0 fully saturated rings. The van der Waals surface area contributed by atoms with Gasteiger partial charge in [-0.1, -0.05) is 13.8 Å². The fourth-order valence-corrected chi connectivity index (χ4v) is 2.06. The van der Waals surface area contributed by atoms with Gasteiger partial charge in [-0.2, -0.15) is 5.26 Å². The van der Waals surface area contributed by atoms with Crippen LogP contribution < -0.4 is 10.1 Å². The number of hydrogen-bond acceptors (Lipinski definition) is 3. The van der Waals surface area contributed by atoms with Gasteiger partial charge in [0.2, 0.25) is 0 Å². The maximum absolute atomic E-state index is 13.0. The summed E-state index contributed by atoms with van der Waals surface area (Å²) in [7, 11) is 0. The van der Waals surface area contributed by atoms with Crippen molar-refractivity contribution in [3.8, 4) is 11.8 Å². The highest BCUT2D eigenvalue weighted by Crippen LogP contribution is 2.19. The Bertz CT molecular complexity index is 488. The highest BCUT2D eigenvalue weighted by atomic mass is 19.2. The van der Waals surface area contributed by atoms with Crippen molar-refractivity contribution in [1.82, 2.24) is 5.32 Å². The third-order valence-electron chi connectivity index (χ3n) is 3.44. The Kier molecular flexibility index (Phi) is 7.10. The molecular weight excluding hydrogens is 274 g/mol. The van der Waals surface area contributed by atoms with Crippen LogP contribution in [0.1, 0.15) is 39.5 Å². The molecule has 21 heavy (non-hydrogen) atoms. The summed E-state index contributed by atoms with van der Waals surface area (Å²) < 4.78 is 31.2. The van der Waals surface area contributed by atoms with E-state index >= 15 is 0 Å². The zero-order chi connectivity index (χ0) is 15.7. The van der Waals surface area contributed by atoms with Gasteiger partial charge in [0.05, 0.1) is 12.7 Å². The summed E-state index contributed by atoms with van der Waals surface area (Å²) in [6, 6.07) is 5.80. The van der Waals surface area contributed by atoms with Crippen LogP contribution in [0.15, 0.2) is 18.2 Å². The zero-order valence-corrected chi connectivity index (χ0v) is 12.6. The lowest BCUT2D eigenvalue weighted by Crippen LogP contribution is -2.44. The van der Waals surface area contributed by atoms with Gasteiger partial charge < -0.3 is 4.74 Å². The molecule has 0 aliphatic heterocycles. The summed E-state index contributed by atoms with van der Waals surface area (Å²) in [5, 5.41) is 12.6. The first-order valence-corrected chi connectivity index (χ1v) is 7.31. The minimum Gasteiger partial charge on any atom is -0.493 e. The van der Waals surface area contributed by atoms with Crippen molar-refractivity contribution in [2.75, 3.05) is 13.2 Å². The van der Waals surface area contributed by atoms with Crippen LogP contribution in [-0.4, -0.2) is 18.7 Å². The Labute approximate surface area is 124 Å². The molecule has 1 aromatic rings. The van der Waals surface area contributed by atoms with Crippen LogP contribution in [0.3, 0.4) is 0 Å². The Morgan fingerprint density at radius 1 is 1.29 bits per heavy atom. The maximum atomic E-state index is 13.0. The highest BCUT2D eigenvalue weighted by molar-refractivity contribution is 5.23. The minimum absolute atomic E-state index is 0.300. The Balaban J connectivity index is 2.44. The van der Waals surface area contributed by atoms with Crippen LogP contribution in [0.5, 0.6) is 5.75 Å². The molecule has 0 aliphatic carbocycles. The monoisotopic (exact) mass is 296 g/mol. The second-order valence-corrected chi connectivity index (χ2v) is 5.00. The van der Waals surface area contributed by atoms with Gasteiger partial charge in [-0.15, -0.1) is 0 Å². The van der Waals surface area contributed by atoms with E-state index in [-0.39, 0.29) is 0 Å². The third-order valence-corrected chi connectivity index (χ3v) is 3.44. The molecule has 116 valence electrons. The number of ether oxygens (including phenoxy) is 1. The lowest BCUT2D eigenvalue weighted by molar-refractivity contribution is 0.274. The van der Waals surface area contributed by atoms with E-state index in [0.717, 1.165) is 25.1 Å². The second-order valence-electron chi connectivity index (χ2n) is 5.00. The fraction of sp³-hybridized carbons (Fsp3) is 0.562. The molecule has 0 radical (unpaired) electrons. The number of hydrogen-bond donors (Lipinski definition) is 1. The zero-order valence-electron chi connectivity index (χ0n) is 12.6. The normalized spacial score (nSPS) is 13.5. The summed E-state index contributed by atoms with van der Waals surface area (Å²) >= 11 is 0. The van der Waals surface area contributed by atoms with Gasteiger partial charge in [0.25, 0.3) is 0 Å². The Hall–Kier alpha value is -1.67. The quantitative estimate of drug-likeness (QED) is 0.705. The standard InChI is InChI=1S/C16H22F2N2O/c1-3-9-20-16(4-2,12-19)8-5-10-21-13-6-7-14(17)15(18)11-13/h6-7,11,20H,3-5,8-10H2,1-2H3. The van der Waals surface area contributed by atoms with Crippen LogP contribution in [0, 0.1) is 23.0 Å². The van der Waals surface area contributed by atoms with Gasteiger partial charge in [0.1, 0.15) is 11.3 Å². The van der Waals surface area contributed by atoms with Gasteiger partial charge >= 0.3 is 0 Å². The molecule has 1 atom stereocenters. The van der Waals surface area contributed by atoms with Crippen molar-refractivity contribution in [2.24, 2.45) is 0 Å². The van der Waals surface area contributed by atoms with E-state index in [1.54, 1.807) is 0 Å². The lowest BCUT2D eigenvalue weighted by Gasteiger charge is -2.26. The van der Waals surface area contributed by atoms with Crippen LogP contribution in [0.4, 0.5) is 8.78 Å². The third kappa shape index (κ3) is 5.31. The van der Waals surface area contributed by atoms with E-state index in [2.05, 4.69) is 18.3 Å².